The Morgan fingerprint density at radius 3 is 2.88 bits per heavy atom. The molecular weight excluding hydrogens is 328 g/mol. The summed E-state index contributed by atoms with van der Waals surface area (Å²) in [6.45, 7) is 2.42. The SMILES string of the molecule is CO[C@@H]1C[C@@H](COc2cccnc2)N(Cc2ccn(C3CCCC3)n2)C1. The van der Waals surface area contributed by atoms with E-state index in [0.717, 1.165) is 31.0 Å². The quantitative estimate of drug-likeness (QED) is 0.763. The minimum Gasteiger partial charge on any atom is -0.490 e. The molecule has 0 unspecified atom stereocenters. The normalized spacial score (nSPS) is 24.3. The molecule has 140 valence electrons. The minimum absolute atomic E-state index is 0.259. The van der Waals surface area contributed by atoms with Crippen LogP contribution >= 0.6 is 0 Å². The van der Waals surface area contributed by atoms with E-state index in [1.807, 2.05) is 12.1 Å². The van der Waals surface area contributed by atoms with Crippen LogP contribution in [-0.2, 0) is 11.3 Å². The van der Waals surface area contributed by atoms with Crippen LogP contribution in [0.1, 0.15) is 43.8 Å². The molecule has 1 saturated heterocycles. The van der Waals surface area contributed by atoms with Crippen molar-refractivity contribution in [3.05, 3.63) is 42.5 Å². The Morgan fingerprint density at radius 1 is 1.23 bits per heavy atom. The topological polar surface area (TPSA) is 52.4 Å². The molecule has 1 aliphatic carbocycles. The molecular formula is C20H28N4O2. The summed E-state index contributed by atoms with van der Waals surface area (Å²) in [5.41, 5.74) is 1.14. The van der Waals surface area contributed by atoms with E-state index >= 15 is 0 Å². The third-order valence-corrected chi connectivity index (χ3v) is 5.63. The van der Waals surface area contributed by atoms with Crippen LogP contribution < -0.4 is 4.74 Å². The molecule has 1 aliphatic heterocycles. The summed E-state index contributed by atoms with van der Waals surface area (Å²) in [6.07, 6.45) is 12.1. The molecule has 0 amide bonds. The predicted octanol–water partition coefficient (Wildman–Crippen LogP) is 3.06. The molecule has 26 heavy (non-hydrogen) atoms. The average Bonchev–Trinajstić information content (AvgIpc) is 3.42. The molecule has 1 saturated carbocycles. The van der Waals surface area contributed by atoms with Gasteiger partial charge in [-0.2, -0.15) is 5.10 Å². The van der Waals surface area contributed by atoms with Crippen molar-refractivity contribution in [3.8, 4) is 5.75 Å². The van der Waals surface area contributed by atoms with E-state index < -0.39 is 0 Å². The molecule has 6 nitrogen and oxygen atoms in total. The molecule has 0 bridgehead atoms. The second kappa shape index (κ2) is 8.18. The summed E-state index contributed by atoms with van der Waals surface area (Å²) in [6, 6.07) is 6.94. The van der Waals surface area contributed by atoms with Gasteiger partial charge in [0.2, 0.25) is 0 Å². The van der Waals surface area contributed by atoms with Crippen molar-refractivity contribution in [2.75, 3.05) is 20.3 Å². The lowest BCUT2D eigenvalue weighted by Gasteiger charge is -2.23. The van der Waals surface area contributed by atoms with Crippen LogP contribution in [-0.4, -0.2) is 52.1 Å². The maximum Gasteiger partial charge on any atom is 0.137 e. The number of hydrogen-bond acceptors (Lipinski definition) is 5. The number of rotatable bonds is 7. The number of nitrogens with zero attached hydrogens (tertiary/aromatic N) is 4. The van der Waals surface area contributed by atoms with Crippen LogP contribution in [0.3, 0.4) is 0 Å². The molecule has 3 heterocycles. The first kappa shape index (κ1) is 17.5. The average molecular weight is 356 g/mol. The Bertz CT molecular complexity index is 684. The van der Waals surface area contributed by atoms with Gasteiger partial charge in [-0.25, -0.2) is 0 Å². The summed E-state index contributed by atoms with van der Waals surface area (Å²) >= 11 is 0. The summed E-state index contributed by atoms with van der Waals surface area (Å²) in [5.74, 6) is 0.818. The molecule has 4 rings (SSSR count). The lowest BCUT2D eigenvalue weighted by atomic mass is 10.2. The first-order chi connectivity index (χ1) is 12.8. The minimum atomic E-state index is 0.259. The van der Waals surface area contributed by atoms with Crippen molar-refractivity contribution in [2.45, 2.75) is 56.8 Å². The van der Waals surface area contributed by atoms with E-state index in [0.29, 0.717) is 18.7 Å². The molecule has 0 radical (unpaired) electrons. The van der Waals surface area contributed by atoms with E-state index in [1.165, 1.54) is 25.7 Å². The van der Waals surface area contributed by atoms with Gasteiger partial charge < -0.3 is 9.47 Å². The number of ether oxygens (including phenoxy) is 2. The first-order valence-electron chi connectivity index (χ1n) is 9.65. The van der Waals surface area contributed by atoms with E-state index in [1.54, 1.807) is 19.5 Å². The highest BCUT2D eigenvalue weighted by Gasteiger charge is 2.33. The van der Waals surface area contributed by atoms with Gasteiger partial charge in [0, 0.05) is 38.6 Å². The fourth-order valence-corrected chi connectivity index (χ4v) is 4.14. The van der Waals surface area contributed by atoms with E-state index in [2.05, 4.69) is 26.8 Å². The van der Waals surface area contributed by atoms with Crippen LogP contribution in [0.5, 0.6) is 5.75 Å². The van der Waals surface area contributed by atoms with Gasteiger partial charge in [0.25, 0.3) is 0 Å². The van der Waals surface area contributed by atoms with Crippen LogP contribution in [0.2, 0.25) is 0 Å². The second-order valence-corrected chi connectivity index (χ2v) is 7.40. The van der Waals surface area contributed by atoms with Gasteiger partial charge in [-0.05, 0) is 37.5 Å². The lowest BCUT2D eigenvalue weighted by molar-refractivity contribution is 0.107. The number of pyridine rings is 1. The van der Waals surface area contributed by atoms with E-state index in [4.69, 9.17) is 14.6 Å². The van der Waals surface area contributed by atoms with E-state index in [9.17, 15) is 0 Å². The zero-order chi connectivity index (χ0) is 17.8. The number of aromatic nitrogens is 3. The third kappa shape index (κ3) is 4.07. The standard InChI is InChI=1S/C20H28N4O2/c1-25-20-11-18(15-26-19-7-4-9-21-12-19)23(14-20)13-16-8-10-24(22-16)17-5-2-3-6-17/h4,7-10,12,17-18,20H,2-3,5-6,11,13-15H2,1H3/t18-,20+/m0/s1. The zero-order valence-electron chi connectivity index (χ0n) is 15.5. The third-order valence-electron chi connectivity index (χ3n) is 5.63. The van der Waals surface area contributed by atoms with Crippen molar-refractivity contribution in [1.82, 2.24) is 19.7 Å². The van der Waals surface area contributed by atoms with Crippen LogP contribution in [0.4, 0.5) is 0 Å². The van der Waals surface area contributed by atoms with Crippen LogP contribution in [0.25, 0.3) is 0 Å². The van der Waals surface area contributed by atoms with Crippen LogP contribution in [0, 0.1) is 0 Å². The van der Waals surface area contributed by atoms with Crippen LogP contribution in [0.15, 0.2) is 36.8 Å². The Morgan fingerprint density at radius 2 is 2.12 bits per heavy atom. The van der Waals surface area contributed by atoms with Gasteiger partial charge in [0.15, 0.2) is 0 Å². The van der Waals surface area contributed by atoms with Gasteiger partial charge in [-0.15, -0.1) is 0 Å². The highest BCUT2D eigenvalue weighted by atomic mass is 16.5. The molecule has 2 aromatic rings. The molecule has 2 aliphatic rings. The Labute approximate surface area is 155 Å². The highest BCUT2D eigenvalue weighted by molar-refractivity contribution is 5.15. The van der Waals surface area contributed by atoms with Gasteiger partial charge in [0.1, 0.15) is 12.4 Å². The molecule has 2 fully saturated rings. The number of methoxy groups -OCH3 is 1. The van der Waals surface area contributed by atoms with Gasteiger partial charge in [-0.1, -0.05) is 12.8 Å². The van der Waals surface area contributed by atoms with Gasteiger partial charge in [-0.3, -0.25) is 14.6 Å². The Balaban J connectivity index is 1.38. The smallest absolute Gasteiger partial charge is 0.137 e. The molecule has 6 heteroatoms. The zero-order valence-corrected chi connectivity index (χ0v) is 15.5. The van der Waals surface area contributed by atoms with Crippen molar-refractivity contribution in [2.24, 2.45) is 0 Å². The van der Waals surface area contributed by atoms with Crippen molar-refractivity contribution < 1.29 is 9.47 Å². The molecule has 0 N–H and O–H groups in total. The molecule has 0 spiro atoms. The fourth-order valence-electron chi connectivity index (χ4n) is 4.14. The second-order valence-electron chi connectivity index (χ2n) is 7.40. The molecule has 2 atom stereocenters. The lowest BCUT2D eigenvalue weighted by Crippen LogP contribution is -2.34. The fraction of sp³-hybridized carbons (Fsp3) is 0.600. The maximum absolute atomic E-state index is 5.95. The van der Waals surface area contributed by atoms with Crippen molar-refractivity contribution in [3.63, 3.8) is 0 Å². The van der Waals surface area contributed by atoms with Gasteiger partial charge in [0.05, 0.1) is 24.0 Å². The largest absolute Gasteiger partial charge is 0.490 e. The predicted molar refractivity (Wildman–Crippen MR) is 99.1 cm³/mol. The monoisotopic (exact) mass is 356 g/mol. The number of likely N-dealkylation sites (tertiary alicyclic amines) is 1. The maximum atomic E-state index is 5.95. The summed E-state index contributed by atoms with van der Waals surface area (Å²) in [5, 5.41) is 4.84. The highest BCUT2D eigenvalue weighted by Crippen LogP contribution is 2.29. The summed E-state index contributed by atoms with van der Waals surface area (Å²) in [4.78, 5) is 6.55. The van der Waals surface area contributed by atoms with E-state index in [-0.39, 0.29) is 6.10 Å². The Kier molecular flexibility index (Phi) is 5.51. The van der Waals surface area contributed by atoms with Crippen molar-refractivity contribution >= 4 is 0 Å². The molecule has 0 aromatic carbocycles. The molecule has 2 aromatic heterocycles. The Hall–Kier alpha value is -1.92. The summed E-state index contributed by atoms with van der Waals surface area (Å²) < 4.78 is 13.7. The first-order valence-corrected chi connectivity index (χ1v) is 9.65. The number of hydrogen-bond donors (Lipinski definition) is 0. The van der Waals surface area contributed by atoms with Gasteiger partial charge >= 0.3 is 0 Å². The van der Waals surface area contributed by atoms with Crippen molar-refractivity contribution in [1.29, 1.82) is 0 Å². The summed E-state index contributed by atoms with van der Waals surface area (Å²) in [7, 11) is 1.79.